The lowest BCUT2D eigenvalue weighted by Gasteiger charge is -2.53. The topological polar surface area (TPSA) is 59.8 Å². The summed E-state index contributed by atoms with van der Waals surface area (Å²) in [6.45, 7) is 7.51. The molecule has 0 N–H and O–H groups in total. The highest BCUT2D eigenvalue weighted by atomic mass is 16.5. The van der Waals surface area contributed by atoms with Crippen molar-refractivity contribution in [3.05, 3.63) is 17.5 Å². The van der Waals surface area contributed by atoms with Crippen LogP contribution in [0.4, 0.5) is 0 Å². The molecule has 0 bridgehead atoms. The number of carbonyl (C=O) groups excluding carboxylic acids is 1. The molecule has 26 heavy (non-hydrogen) atoms. The summed E-state index contributed by atoms with van der Waals surface area (Å²) in [6, 6.07) is 2.14. The molecule has 4 rings (SSSR count). The molecule has 4 heterocycles. The van der Waals surface area contributed by atoms with Gasteiger partial charge in [-0.25, -0.2) is 0 Å². The molecule has 3 fully saturated rings. The molecule has 1 atom stereocenters. The minimum Gasteiger partial charge on any atom is -0.372 e. The summed E-state index contributed by atoms with van der Waals surface area (Å²) < 4.78 is 14.0. The van der Waals surface area contributed by atoms with E-state index in [1.165, 1.54) is 5.69 Å². The Labute approximate surface area is 155 Å². The lowest BCUT2D eigenvalue weighted by atomic mass is 9.84. The summed E-state index contributed by atoms with van der Waals surface area (Å²) in [5.41, 5.74) is 2.20. The first-order valence-corrected chi connectivity index (χ1v) is 9.78. The number of amides is 1. The molecule has 1 spiro atoms. The van der Waals surface area contributed by atoms with E-state index in [1.807, 2.05) is 23.6 Å². The van der Waals surface area contributed by atoms with E-state index in [0.717, 1.165) is 70.7 Å². The number of aromatic nitrogens is 2. The summed E-state index contributed by atoms with van der Waals surface area (Å²) in [6.07, 6.45) is 4.16. The third-order valence-corrected chi connectivity index (χ3v) is 5.86. The standard InChI is InChI=1S/C19H30N4O3/c1-15-9-16(21(2)20-15)11-22-13-19(14-22)10-17(5-8-26-19)25-12-18(24)23-6-3-4-7-23/h9,17H,3-8,10-14H2,1-2H3/t17-/m0/s1. The zero-order chi connectivity index (χ0) is 18.1. The quantitative estimate of drug-likeness (QED) is 0.785. The van der Waals surface area contributed by atoms with Gasteiger partial charge in [0.15, 0.2) is 0 Å². The number of rotatable bonds is 5. The van der Waals surface area contributed by atoms with Crippen LogP contribution in [0.3, 0.4) is 0 Å². The number of hydrogen-bond acceptors (Lipinski definition) is 5. The summed E-state index contributed by atoms with van der Waals surface area (Å²) in [7, 11) is 2.00. The van der Waals surface area contributed by atoms with Crippen LogP contribution in [0.2, 0.25) is 0 Å². The van der Waals surface area contributed by atoms with Crippen molar-refractivity contribution in [2.45, 2.75) is 50.9 Å². The fourth-order valence-electron chi connectivity index (χ4n) is 4.51. The first kappa shape index (κ1) is 17.9. The van der Waals surface area contributed by atoms with Gasteiger partial charge in [-0.3, -0.25) is 14.4 Å². The van der Waals surface area contributed by atoms with Crippen molar-refractivity contribution in [3.8, 4) is 0 Å². The van der Waals surface area contributed by atoms with Crippen LogP contribution in [0.25, 0.3) is 0 Å². The molecular weight excluding hydrogens is 332 g/mol. The van der Waals surface area contributed by atoms with Crippen LogP contribution in [-0.2, 0) is 27.9 Å². The number of ether oxygens (including phenoxy) is 2. The van der Waals surface area contributed by atoms with Gasteiger partial charge in [0.05, 0.1) is 23.1 Å². The Kier molecular flexibility index (Phi) is 5.03. The summed E-state index contributed by atoms with van der Waals surface area (Å²) in [5.74, 6) is 0.143. The van der Waals surface area contributed by atoms with Crippen molar-refractivity contribution < 1.29 is 14.3 Å². The van der Waals surface area contributed by atoms with Gasteiger partial charge in [0, 0.05) is 52.8 Å². The van der Waals surface area contributed by atoms with Crippen LogP contribution >= 0.6 is 0 Å². The first-order chi connectivity index (χ1) is 12.5. The van der Waals surface area contributed by atoms with Crippen LogP contribution in [0.15, 0.2) is 6.07 Å². The molecule has 7 heteroatoms. The third kappa shape index (κ3) is 3.80. The van der Waals surface area contributed by atoms with Gasteiger partial charge in [-0.1, -0.05) is 0 Å². The number of aryl methyl sites for hydroxylation is 2. The van der Waals surface area contributed by atoms with E-state index in [4.69, 9.17) is 9.47 Å². The maximum atomic E-state index is 12.2. The predicted octanol–water partition coefficient (Wildman–Crippen LogP) is 1.10. The second kappa shape index (κ2) is 7.29. The monoisotopic (exact) mass is 362 g/mol. The van der Waals surface area contributed by atoms with Crippen LogP contribution in [0.1, 0.15) is 37.1 Å². The largest absolute Gasteiger partial charge is 0.372 e. The Bertz CT molecular complexity index is 647. The van der Waals surface area contributed by atoms with E-state index in [-0.39, 0.29) is 24.2 Å². The number of likely N-dealkylation sites (tertiary alicyclic amines) is 2. The van der Waals surface area contributed by atoms with Gasteiger partial charge in [-0.2, -0.15) is 5.10 Å². The van der Waals surface area contributed by atoms with Gasteiger partial charge < -0.3 is 14.4 Å². The fourth-order valence-corrected chi connectivity index (χ4v) is 4.51. The second-order valence-corrected chi connectivity index (χ2v) is 8.09. The molecule has 3 aliphatic rings. The van der Waals surface area contributed by atoms with Crippen LogP contribution in [0, 0.1) is 6.92 Å². The Balaban J connectivity index is 1.24. The molecule has 7 nitrogen and oxygen atoms in total. The molecule has 1 aromatic rings. The highest BCUT2D eigenvalue weighted by Gasteiger charge is 2.47. The van der Waals surface area contributed by atoms with E-state index < -0.39 is 0 Å². The zero-order valence-corrected chi connectivity index (χ0v) is 15.9. The maximum absolute atomic E-state index is 12.2. The lowest BCUT2D eigenvalue weighted by molar-refractivity contribution is -0.200. The molecule has 3 saturated heterocycles. The van der Waals surface area contributed by atoms with Gasteiger partial charge in [0.2, 0.25) is 5.91 Å². The Morgan fingerprint density at radius 2 is 2.15 bits per heavy atom. The van der Waals surface area contributed by atoms with Crippen molar-refractivity contribution in [1.29, 1.82) is 0 Å². The van der Waals surface area contributed by atoms with Gasteiger partial charge in [-0.05, 0) is 32.3 Å². The van der Waals surface area contributed by atoms with Crippen molar-refractivity contribution in [1.82, 2.24) is 19.6 Å². The van der Waals surface area contributed by atoms with E-state index in [9.17, 15) is 4.79 Å². The number of carbonyl (C=O) groups is 1. The minimum absolute atomic E-state index is 0.0900. The highest BCUT2D eigenvalue weighted by molar-refractivity contribution is 5.77. The van der Waals surface area contributed by atoms with Gasteiger partial charge in [0.1, 0.15) is 6.61 Å². The molecule has 1 amide bonds. The molecule has 0 unspecified atom stereocenters. The number of hydrogen-bond donors (Lipinski definition) is 0. The number of nitrogens with zero attached hydrogens (tertiary/aromatic N) is 4. The Morgan fingerprint density at radius 3 is 2.85 bits per heavy atom. The first-order valence-electron chi connectivity index (χ1n) is 9.78. The van der Waals surface area contributed by atoms with E-state index >= 15 is 0 Å². The van der Waals surface area contributed by atoms with Crippen LogP contribution in [0.5, 0.6) is 0 Å². The van der Waals surface area contributed by atoms with E-state index in [2.05, 4.69) is 16.1 Å². The van der Waals surface area contributed by atoms with Crippen LogP contribution in [-0.4, -0.2) is 76.6 Å². The zero-order valence-electron chi connectivity index (χ0n) is 15.9. The second-order valence-electron chi connectivity index (χ2n) is 8.09. The van der Waals surface area contributed by atoms with Gasteiger partial charge >= 0.3 is 0 Å². The van der Waals surface area contributed by atoms with Crippen LogP contribution < -0.4 is 0 Å². The molecular formula is C19H30N4O3. The average Bonchev–Trinajstić information content (AvgIpc) is 3.22. The Hall–Kier alpha value is -1.44. The van der Waals surface area contributed by atoms with Crippen molar-refractivity contribution >= 4 is 5.91 Å². The van der Waals surface area contributed by atoms with Gasteiger partial charge in [-0.15, -0.1) is 0 Å². The smallest absolute Gasteiger partial charge is 0.248 e. The third-order valence-electron chi connectivity index (χ3n) is 5.86. The van der Waals surface area contributed by atoms with E-state index in [0.29, 0.717) is 0 Å². The summed E-state index contributed by atoms with van der Waals surface area (Å²) in [5, 5.41) is 4.41. The minimum atomic E-state index is -0.0900. The van der Waals surface area contributed by atoms with E-state index in [1.54, 1.807) is 0 Å². The average molecular weight is 362 g/mol. The summed E-state index contributed by atoms with van der Waals surface area (Å²) >= 11 is 0. The molecule has 0 saturated carbocycles. The molecule has 3 aliphatic heterocycles. The predicted molar refractivity (Wildman–Crippen MR) is 96.7 cm³/mol. The van der Waals surface area contributed by atoms with Crippen molar-refractivity contribution in [2.24, 2.45) is 7.05 Å². The molecule has 1 aromatic heterocycles. The van der Waals surface area contributed by atoms with Crippen molar-refractivity contribution in [3.63, 3.8) is 0 Å². The van der Waals surface area contributed by atoms with Crippen molar-refractivity contribution in [2.75, 3.05) is 39.4 Å². The fraction of sp³-hybridized carbons (Fsp3) is 0.789. The molecule has 144 valence electrons. The summed E-state index contributed by atoms with van der Waals surface area (Å²) in [4.78, 5) is 16.5. The Morgan fingerprint density at radius 1 is 1.38 bits per heavy atom. The molecule has 0 radical (unpaired) electrons. The molecule has 0 aromatic carbocycles. The lowest BCUT2D eigenvalue weighted by Crippen LogP contribution is -2.65. The maximum Gasteiger partial charge on any atom is 0.248 e. The normalized spacial score (nSPS) is 25.6. The SMILES string of the molecule is Cc1cc(CN2CC3(C[C@@H](OCC(=O)N4CCCC4)CCO3)C2)n(C)n1. The van der Waals surface area contributed by atoms with Gasteiger partial charge in [0.25, 0.3) is 0 Å². The highest BCUT2D eigenvalue weighted by Crippen LogP contribution is 2.36. The molecule has 0 aliphatic carbocycles.